The topological polar surface area (TPSA) is 130 Å². The second-order valence-electron chi connectivity index (χ2n) is 2.34. The predicted octanol–water partition coefficient (Wildman–Crippen LogP) is -1.75. The van der Waals surface area contributed by atoms with E-state index in [1.165, 1.54) is 0 Å². The van der Waals surface area contributed by atoms with Gasteiger partial charge in [-0.1, -0.05) is 0 Å². The highest BCUT2D eigenvalue weighted by Crippen LogP contribution is 1.95. The van der Waals surface area contributed by atoms with Crippen LogP contribution in [0.1, 0.15) is 12.8 Å². The number of ketones is 1. The van der Waals surface area contributed by atoms with E-state index >= 15 is 0 Å². The monoisotopic (exact) mass is 190 g/mol. The van der Waals surface area contributed by atoms with Crippen LogP contribution in [0.4, 0.5) is 0 Å². The molecule has 0 saturated heterocycles. The lowest BCUT2D eigenvalue weighted by molar-refractivity contribution is -0.144. The first kappa shape index (κ1) is 11.5. The van der Waals surface area contributed by atoms with E-state index in [0.29, 0.717) is 0 Å². The molecule has 0 aliphatic heterocycles. The SMILES string of the molecule is N[C@@H](CCC(=O)O)C(=O)C(=O)NO. The molecule has 5 N–H and O–H groups in total. The van der Waals surface area contributed by atoms with Gasteiger partial charge in [-0.05, 0) is 6.42 Å². The molecular formula is C6H10N2O5. The first-order valence-corrected chi connectivity index (χ1v) is 3.44. The number of amides is 1. The Morgan fingerprint density at radius 3 is 2.31 bits per heavy atom. The molecule has 0 fully saturated rings. The van der Waals surface area contributed by atoms with Gasteiger partial charge in [0.2, 0.25) is 5.78 Å². The molecule has 0 bridgehead atoms. The normalized spacial score (nSPS) is 11.8. The summed E-state index contributed by atoms with van der Waals surface area (Å²) in [5.41, 5.74) is 6.27. The zero-order valence-electron chi connectivity index (χ0n) is 6.69. The molecule has 0 spiro atoms. The van der Waals surface area contributed by atoms with E-state index in [1.54, 1.807) is 0 Å². The van der Waals surface area contributed by atoms with Gasteiger partial charge in [-0.15, -0.1) is 0 Å². The highest BCUT2D eigenvalue weighted by atomic mass is 16.5. The Morgan fingerprint density at radius 1 is 1.38 bits per heavy atom. The van der Waals surface area contributed by atoms with Gasteiger partial charge >= 0.3 is 11.9 Å². The fraction of sp³-hybridized carbons (Fsp3) is 0.500. The molecule has 0 aliphatic carbocycles. The third kappa shape index (κ3) is 4.19. The minimum Gasteiger partial charge on any atom is -0.481 e. The standard InChI is InChI=1S/C6H10N2O5/c7-3(1-2-4(9)10)5(11)6(12)8-13/h3,13H,1-2,7H2,(H,8,12)(H,9,10)/t3-/m0/s1. The van der Waals surface area contributed by atoms with Crippen LogP contribution in [-0.2, 0) is 14.4 Å². The number of nitrogens with one attached hydrogen (secondary N) is 1. The fourth-order valence-electron chi connectivity index (χ4n) is 0.634. The van der Waals surface area contributed by atoms with E-state index < -0.39 is 23.7 Å². The Balaban J connectivity index is 3.96. The molecule has 0 unspecified atom stereocenters. The number of hydroxylamine groups is 1. The van der Waals surface area contributed by atoms with Crippen molar-refractivity contribution >= 4 is 17.7 Å². The summed E-state index contributed by atoms with van der Waals surface area (Å²) in [6, 6.07) is -1.19. The van der Waals surface area contributed by atoms with Gasteiger partial charge in [0.1, 0.15) is 0 Å². The lowest BCUT2D eigenvalue weighted by Gasteiger charge is -2.06. The minimum atomic E-state index is -1.24. The van der Waals surface area contributed by atoms with E-state index in [2.05, 4.69) is 0 Å². The summed E-state index contributed by atoms with van der Waals surface area (Å²) in [5.74, 6) is -3.38. The third-order valence-electron chi connectivity index (χ3n) is 1.33. The third-order valence-corrected chi connectivity index (χ3v) is 1.33. The Kier molecular flexibility index (Phi) is 4.63. The Morgan fingerprint density at radius 2 is 1.92 bits per heavy atom. The molecule has 0 aromatic carbocycles. The lowest BCUT2D eigenvalue weighted by Crippen LogP contribution is -2.41. The van der Waals surface area contributed by atoms with Crippen LogP contribution in [0.3, 0.4) is 0 Å². The molecule has 0 aromatic heterocycles. The van der Waals surface area contributed by atoms with Crippen molar-refractivity contribution in [3.05, 3.63) is 0 Å². The van der Waals surface area contributed by atoms with Gasteiger partial charge in [0.05, 0.1) is 6.04 Å². The molecule has 0 aromatic rings. The van der Waals surface area contributed by atoms with E-state index in [4.69, 9.17) is 16.0 Å². The Bertz CT molecular complexity index is 227. The van der Waals surface area contributed by atoms with Gasteiger partial charge in [0, 0.05) is 6.42 Å². The Labute approximate surface area is 73.5 Å². The van der Waals surface area contributed by atoms with Crippen LogP contribution in [0.2, 0.25) is 0 Å². The van der Waals surface area contributed by atoms with Crippen molar-refractivity contribution in [2.24, 2.45) is 5.73 Å². The number of rotatable bonds is 5. The maximum atomic E-state index is 10.8. The Hall–Kier alpha value is -1.47. The molecular weight excluding hydrogens is 180 g/mol. The molecule has 7 nitrogen and oxygen atoms in total. The first-order chi connectivity index (χ1) is 5.99. The maximum absolute atomic E-state index is 10.8. The fourth-order valence-corrected chi connectivity index (χ4v) is 0.634. The number of hydrogen-bond acceptors (Lipinski definition) is 5. The highest BCUT2D eigenvalue weighted by Gasteiger charge is 2.21. The first-order valence-electron chi connectivity index (χ1n) is 3.44. The molecule has 0 heterocycles. The van der Waals surface area contributed by atoms with Crippen LogP contribution in [0.15, 0.2) is 0 Å². The van der Waals surface area contributed by atoms with E-state index in [0.717, 1.165) is 5.48 Å². The summed E-state index contributed by atoms with van der Waals surface area (Å²) in [4.78, 5) is 31.3. The minimum absolute atomic E-state index is 0.137. The van der Waals surface area contributed by atoms with Crippen LogP contribution in [0.25, 0.3) is 0 Å². The summed E-state index contributed by atoms with van der Waals surface area (Å²) in [5, 5.41) is 16.3. The maximum Gasteiger partial charge on any atom is 0.312 e. The number of nitrogens with two attached hydrogens (primary N) is 1. The second kappa shape index (κ2) is 5.22. The van der Waals surface area contributed by atoms with Crippen LogP contribution < -0.4 is 11.2 Å². The summed E-state index contributed by atoms with van der Waals surface area (Å²) < 4.78 is 0. The molecule has 0 radical (unpaired) electrons. The number of carbonyl (C=O) groups excluding carboxylic acids is 2. The molecule has 0 aliphatic rings. The van der Waals surface area contributed by atoms with E-state index in [1.807, 2.05) is 0 Å². The predicted molar refractivity (Wildman–Crippen MR) is 39.8 cm³/mol. The van der Waals surface area contributed by atoms with Crippen LogP contribution in [0.5, 0.6) is 0 Å². The molecule has 0 saturated carbocycles. The average Bonchev–Trinajstić information content (AvgIpc) is 2.11. The molecule has 7 heteroatoms. The van der Waals surface area contributed by atoms with Gasteiger partial charge in [-0.25, -0.2) is 5.48 Å². The van der Waals surface area contributed by atoms with Gasteiger partial charge in [-0.2, -0.15) is 0 Å². The summed E-state index contributed by atoms with van der Waals surface area (Å²) in [6.07, 6.45) is -0.437. The summed E-state index contributed by atoms with van der Waals surface area (Å²) in [6.45, 7) is 0. The van der Waals surface area contributed by atoms with Crippen molar-refractivity contribution in [1.29, 1.82) is 0 Å². The number of carbonyl (C=O) groups is 3. The number of carboxylic acid groups (broad SMARTS) is 1. The van der Waals surface area contributed by atoms with Crippen molar-refractivity contribution in [2.45, 2.75) is 18.9 Å². The highest BCUT2D eigenvalue weighted by molar-refractivity contribution is 6.37. The largest absolute Gasteiger partial charge is 0.481 e. The van der Waals surface area contributed by atoms with E-state index in [9.17, 15) is 14.4 Å². The van der Waals surface area contributed by atoms with Crippen molar-refractivity contribution in [1.82, 2.24) is 5.48 Å². The van der Waals surface area contributed by atoms with Crippen molar-refractivity contribution in [3.8, 4) is 0 Å². The zero-order valence-corrected chi connectivity index (χ0v) is 6.69. The van der Waals surface area contributed by atoms with Gasteiger partial charge in [0.25, 0.3) is 0 Å². The van der Waals surface area contributed by atoms with Crippen molar-refractivity contribution in [2.75, 3.05) is 0 Å². The van der Waals surface area contributed by atoms with Crippen LogP contribution in [-0.4, -0.2) is 34.0 Å². The van der Waals surface area contributed by atoms with Crippen LogP contribution >= 0.6 is 0 Å². The molecule has 1 amide bonds. The van der Waals surface area contributed by atoms with Gasteiger partial charge < -0.3 is 10.8 Å². The van der Waals surface area contributed by atoms with Gasteiger partial charge in [-0.3, -0.25) is 19.6 Å². The number of Topliss-reactive ketones (excluding diaryl/α,β-unsaturated/α-hetero) is 1. The molecule has 0 rings (SSSR count). The number of hydrogen-bond donors (Lipinski definition) is 4. The van der Waals surface area contributed by atoms with E-state index in [-0.39, 0.29) is 12.8 Å². The van der Waals surface area contributed by atoms with Crippen molar-refractivity contribution in [3.63, 3.8) is 0 Å². The lowest BCUT2D eigenvalue weighted by atomic mass is 10.1. The summed E-state index contributed by atoms with van der Waals surface area (Å²) in [7, 11) is 0. The zero-order chi connectivity index (χ0) is 10.4. The quantitative estimate of drug-likeness (QED) is 0.231. The van der Waals surface area contributed by atoms with Gasteiger partial charge in [0.15, 0.2) is 0 Å². The summed E-state index contributed by atoms with van der Waals surface area (Å²) >= 11 is 0. The van der Waals surface area contributed by atoms with Crippen molar-refractivity contribution < 1.29 is 24.7 Å². The average molecular weight is 190 g/mol. The second-order valence-corrected chi connectivity index (χ2v) is 2.34. The molecule has 74 valence electrons. The molecule has 13 heavy (non-hydrogen) atoms. The number of aliphatic carboxylic acids is 1. The smallest absolute Gasteiger partial charge is 0.312 e. The number of carboxylic acids is 1. The van der Waals surface area contributed by atoms with Crippen LogP contribution in [0, 0.1) is 0 Å². The molecule has 1 atom stereocenters.